The molecule has 0 bridgehead atoms. The van der Waals surface area contributed by atoms with Crippen LogP contribution in [0.1, 0.15) is 24.4 Å². The van der Waals surface area contributed by atoms with Crippen LogP contribution in [0.5, 0.6) is 0 Å². The van der Waals surface area contributed by atoms with Crippen molar-refractivity contribution < 1.29 is 4.39 Å². The number of benzene rings is 1. The molecule has 1 aromatic heterocycles. The zero-order chi connectivity index (χ0) is 13.8. The third kappa shape index (κ3) is 3.12. The minimum Gasteiger partial charge on any atom is -0.335 e. The van der Waals surface area contributed by atoms with Gasteiger partial charge in [-0.25, -0.2) is 9.37 Å². The third-order valence-electron chi connectivity index (χ3n) is 3.07. The SMILES string of the molecule is CCn1ccnc1CC(NN)c1ccc(Cl)cc1F. The molecule has 1 aromatic carbocycles. The Bertz CT molecular complexity index is 555. The summed E-state index contributed by atoms with van der Waals surface area (Å²) in [5.74, 6) is 6.02. The number of aromatic nitrogens is 2. The molecule has 0 aliphatic heterocycles. The van der Waals surface area contributed by atoms with Gasteiger partial charge in [0.15, 0.2) is 0 Å². The van der Waals surface area contributed by atoms with Crippen LogP contribution in [0, 0.1) is 5.82 Å². The lowest BCUT2D eigenvalue weighted by molar-refractivity contribution is 0.492. The van der Waals surface area contributed by atoms with Gasteiger partial charge in [-0.15, -0.1) is 0 Å². The molecule has 1 unspecified atom stereocenters. The Labute approximate surface area is 116 Å². The number of hydrogen-bond acceptors (Lipinski definition) is 3. The molecule has 0 spiro atoms. The van der Waals surface area contributed by atoms with Gasteiger partial charge >= 0.3 is 0 Å². The summed E-state index contributed by atoms with van der Waals surface area (Å²) < 4.78 is 15.9. The van der Waals surface area contributed by atoms with Gasteiger partial charge in [-0.3, -0.25) is 11.3 Å². The van der Waals surface area contributed by atoms with E-state index in [4.69, 9.17) is 17.4 Å². The summed E-state index contributed by atoms with van der Waals surface area (Å²) in [7, 11) is 0. The van der Waals surface area contributed by atoms with E-state index >= 15 is 0 Å². The lowest BCUT2D eigenvalue weighted by atomic mass is 10.0. The highest BCUT2D eigenvalue weighted by molar-refractivity contribution is 6.30. The normalized spacial score (nSPS) is 12.6. The Morgan fingerprint density at radius 3 is 2.95 bits per heavy atom. The Morgan fingerprint density at radius 2 is 2.32 bits per heavy atom. The molecule has 0 fully saturated rings. The molecule has 3 N–H and O–H groups in total. The van der Waals surface area contributed by atoms with Crippen LogP contribution in [0.15, 0.2) is 30.6 Å². The molecule has 2 rings (SSSR count). The number of rotatable bonds is 5. The zero-order valence-electron chi connectivity index (χ0n) is 10.6. The van der Waals surface area contributed by atoms with Crippen molar-refractivity contribution in [2.45, 2.75) is 25.9 Å². The monoisotopic (exact) mass is 282 g/mol. The summed E-state index contributed by atoms with van der Waals surface area (Å²) in [6.45, 7) is 2.84. The van der Waals surface area contributed by atoms with Crippen molar-refractivity contribution in [2.24, 2.45) is 5.84 Å². The molecule has 0 saturated heterocycles. The fourth-order valence-electron chi connectivity index (χ4n) is 2.04. The topological polar surface area (TPSA) is 55.9 Å². The van der Waals surface area contributed by atoms with Crippen molar-refractivity contribution in [3.8, 4) is 0 Å². The second-order valence-electron chi connectivity index (χ2n) is 4.22. The summed E-state index contributed by atoms with van der Waals surface area (Å²) in [5.41, 5.74) is 3.12. The number of aryl methyl sites for hydroxylation is 1. The van der Waals surface area contributed by atoms with Crippen molar-refractivity contribution >= 4 is 11.6 Å². The first kappa shape index (κ1) is 14.0. The van der Waals surface area contributed by atoms with E-state index in [0.29, 0.717) is 17.0 Å². The molecule has 6 heteroatoms. The van der Waals surface area contributed by atoms with E-state index in [0.717, 1.165) is 12.4 Å². The summed E-state index contributed by atoms with van der Waals surface area (Å²) in [5, 5.41) is 0.368. The van der Waals surface area contributed by atoms with Crippen LogP contribution in [0.25, 0.3) is 0 Å². The Kier molecular flexibility index (Phi) is 4.52. The van der Waals surface area contributed by atoms with Crippen molar-refractivity contribution in [1.29, 1.82) is 0 Å². The van der Waals surface area contributed by atoms with Gasteiger partial charge < -0.3 is 4.57 Å². The highest BCUT2D eigenvalue weighted by Gasteiger charge is 2.17. The molecule has 102 valence electrons. The molecule has 0 aliphatic rings. The minimum absolute atomic E-state index is 0.343. The summed E-state index contributed by atoms with van der Waals surface area (Å²) in [4.78, 5) is 4.27. The smallest absolute Gasteiger partial charge is 0.129 e. The highest BCUT2D eigenvalue weighted by Crippen LogP contribution is 2.23. The largest absolute Gasteiger partial charge is 0.335 e. The predicted molar refractivity (Wildman–Crippen MR) is 73.1 cm³/mol. The summed E-state index contributed by atoms with van der Waals surface area (Å²) in [6, 6.07) is 4.23. The van der Waals surface area contributed by atoms with Gasteiger partial charge in [-0.1, -0.05) is 17.7 Å². The third-order valence-corrected chi connectivity index (χ3v) is 3.30. The summed E-state index contributed by atoms with van der Waals surface area (Å²) >= 11 is 5.75. The van der Waals surface area contributed by atoms with Crippen LogP contribution >= 0.6 is 11.6 Å². The zero-order valence-corrected chi connectivity index (χ0v) is 11.4. The Morgan fingerprint density at radius 1 is 1.53 bits per heavy atom. The van der Waals surface area contributed by atoms with Crippen LogP contribution in [-0.2, 0) is 13.0 Å². The average Bonchev–Trinajstić information content (AvgIpc) is 2.84. The van der Waals surface area contributed by atoms with Gasteiger partial charge in [0.05, 0.1) is 6.04 Å². The van der Waals surface area contributed by atoms with E-state index in [1.165, 1.54) is 6.07 Å². The fourth-order valence-corrected chi connectivity index (χ4v) is 2.20. The van der Waals surface area contributed by atoms with Gasteiger partial charge in [-0.05, 0) is 19.1 Å². The standard InChI is InChI=1S/C13H16ClFN4/c1-2-19-6-5-17-13(19)8-12(18-16)10-4-3-9(14)7-11(10)15/h3-7,12,18H,2,8,16H2,1H3. The number of halogens is 2. The van der Waals surface area contributed by atoms with Gasteiger partial charge in [0, 0.05) is 35.9 Å². The number of hydrogen-bond donors (Lipinski definition) is 2. The number of nitrogens with one attached hydrogen (secondary N) is 1. The number of imidazole rings is 1. The molecular weight excluding hydrogens is 267 g/mol. The molecule has 0 amide bonds. The van der Waals surface area contributed by atoms with Crippen LogP contribution < -0.4 is 11.3 Å². The quantitative estimate of drug-likeness (QED) is 0.654. The second kappa shape index (κ2) is 6.14. The first-order valence-electron chi connectivity index (χ1n) is 6.06. The van der Waals surface area contributed by atoms with E-state index in [1.54, 1.807) is 18.3 Å². The van der Waals surface area contributed by atoms with E-state index in [1.807, 2.05) is 17.7 Å². The van der Waals surface area contributed by atoms with Crippen molar-refractivity contribution in [2.75, 3.05) is 0 Å². The minimum atomic E-state index is -0.370. The first-order valence-corrected chi connectivity index (χ1v) is 6.44. The Balaban J connectivity index is 2.25. The maximum absolute atomic E-state index is 13.9. The lowest BCUT2D eigenvalue weighted by Crippen LogP contribution is -2.31. The maximum Gasteiger partial charge on any atom is 0.129 e. The maximum atomic E-state index is 13.9. The molecule has 1 atom stereocenters. The van der Waals surface area contributed by atoms with Gasteiger partial charge in [0.2, 0.25) is 0 Å². The van der Waals surface area contributed by atoms with Gasteiger partial charge in [0.1, 0.15) is 11.6 Å². The van der Waals surface area contributed by atoms with Crippen molar-refractivity contribution in [3.05, 3.63) is 52.8 Å². The molecule has 1 heterocycles. The molecule has 0 radical (unpaired) electrons. The average molecular weight is 283 g/mol. The van der Waals surface area contributed by atoms with E-state index in [2.05, 4.69) is 10.4 Å². The van der Waals surface area contributed by atoms with Crippen molar-refractivity contribution in [1.82, 2.24) is 15.0 Å². The molecular formula is C13H16ClFN4. The van der Waals surface area contributed by atoms with Gasteiger partial charge in [-0.2, -0.15) is 0 Å². The molecule has 0 aliphatic carbocycles. The van der Waals surface area contributed by atoms with Crippen LogP contribution in [0.3, 0.4) is 0 Å². The molecule has 2 aromatic rings. The number of nitrogens with two attached hydrogens (primary N) is 1. The van der Waals surface area contributed by atoms with Crippen molar-refractivity contribution in [3.63, 3.8) is 0 Å². The lowest BCUT2D eigenvalue weighted by Gasteiger charge is -2.17. The van der Waals surface area contributed by atoms with E-state index < -0.39 is 0 Å². The second-order valence-corrected chi connectivity index (χ2v) is 4.66. The van der Waals surface area contributed by atoms with E-state index in [9.17, 15) is 4.39 Å². The predicted octanol–water partition coefficient (Wildman–Crippen LogP) is 2.44. The first-order chi connectivity index (χ1) is 9.15. The van der Waals surface area contributed by atoms with Crippen LogP contribution in [0.2, 0.25) is 5.02 Å². The van der Waals surface area contributed by atoms with Gasteiger partial charge in [0.25, 0.3) is 0 Å². The number of nitrogens with zero attached hydrogens (tertiary/aromatic N) is 2. The van der Waals surface area contributed by atoms with Crippen LogP contribution in [0.4, 0.5) is 4.39 Å². The fraction of sp³-hybridized carbons (Fsp3) is 0.308. The summed E-state index contributed by atoms with van der Waals surface area (Å²) in [6.07, 6.45) is 4.13. The molecule has 4 nitrogen and oxygen atoms in total. The number of hydrazine groups is 1. The molecule has 0 saturated carbocycles. The molecule has 19 heavy (non-hydrogen) atoms. The van der Waals surface area contributed by atoms with E-state index in [-0.39, 0.29) is 11.9 Å². The van der Waals surface area contributed by atoms with Crippen LogP contribution in [-0.4, -0.2) is 9.55 Å². The highest BCUT2D eigenvalue weighted by atomic mass is 35.5. The Hall–Kier alpha value is -1.43.